The summed E-state index contributed by atoms with van der Waals surface area (Å²) in [6.07, 6.45) is 0.640. The Balaban J connectivity index is 2.99. The highest BCUT2D eigenvalue weighted by Crippen LogP contribution is 2.11. The Morgan fingerprint density at radius 3 is 2.19 bits per heavy atom. The molecule has 8 nitrogen and oxygen atoms in total. The molecule has 0 saturated carbocycles. The largest absolute Gasteiger partial charge is 0.444 e. The fourth-order valence-corrected chi connectivity index (χ4v) is 3.04. The quantitative estimate of drug-likeness (QED) is 0.420. The molecule has 6 N–H and O–H groups in total. The predicted octanol–water partition coefficient (Wildman–Crippen LogP) is 1.90. The minimum atomic E-state index is -0.911. The Morgan fingerprint density at radius 1 is 1.06 bits per heavy atom. The van der Waals surface area contributed by atoms with Crippen molar-refractivity contribution in [2.75, 3.05) is 6.54 Å². The van der Waals surface area contributed by atoms with Crippen LogP contribution in [0.1, 0.15) is 53.0 Å². The number of nitrogens with one attached hydrogen (secondary N) is 2. The number of nitrogens with two attached hydrogens (primary N) is 2. The molecule has 0 saturated heterocycles. The van der Waals surface area contributed by atoms with E-state index in [9.17, 15) is 14.4 Å². The van der Waals surface area contributed by atoms with Crippen LogP contribution in [0.25, 0.3) is 0 Å². The van der Waals surface area contributed by atoms with Crippen molar-refractivity contribution < 1.29 is 19.1 Å². The Labute approximate surface area is 185 Å². The van der Waals surface area contributed by atoms with Crippen LogP contribution in [-0.2, 0) is 20.7 Å². The highest BCUT2D eigenvalue weighted by molar-refractivity contribution is 5.94. The summed E-state index contributed by atoms with van der Waals surface area (Å²) in [6.45, 7) is 9.36. The number of alkyl carbamates (subject to hydrolysis) is 1. The molecule has 0 aliphatic carbocycles. The molecule has 0 radical (unpaired) electrons. The van der Waals surface area contributed by atoms with E-state index in [1.54, 1.807) is 20.8 Å². The molecule has 0 spiro atoms. The molecule has 3 atom stereocenters. The first-order valence-electron chi connectivity index (χ1n) is 10.8. The van der Waals surface area contributed by atoms with Crippen molar-refractivity contribution in [3.63, 3.8) is 0 Å². The number of rotatable bonds is 11. The van der Waals surface area contributed by atoms with Gasteiger partial charge in [0.15, 0.2) is 5.78 Å². The molecule has 31 heavy (non-hydrogen) atoms. The number of ketones is 1. The summed E-state index contributed by atoms with van der Waals surface area (Å²) < 4.78 is 5.31. The van der Waals surface area contributed by atoms with Crippen molar-refractivity contribution in [1.82, 2.24) is 10.6 Å². The van der Waals surface area contributed by atoms with Gasteiger partial charge in [-0.2, -0.15) is 0 Å². The Kier molecular flexibility index (Phi) is 10.6. The number of hydrogen-bond donors (Lipinski definition) is 4. The van der Waals surface area contributed by atoms with Crippen LogP contribution in [0.3, 0.4) is 0 Å². The molecular formula is C23H38N4O4. The lowest BCUT2D eigenvalue weighted by Crippen LogP contribution is -2.56. The minimum absolute atomic E-state index is 0.167. The van der Waals surface area contributed by atoms with E-state index in [0.717, 1.165) is 5.56 Å². The van der Waals surface area contributed by atoms with Crippen LogP contribution >= 0.6 is 0 Å². The van der Waals surface area contributed by atoms with Gasteiger partial charge in [-0.15, -0.1) is 0 Å². The molecule has 0 aliphatic rings. The van der Waals surface area contributed by atoms with E-state index in [1.807, 2.05) is 44.2 Å². The van der Waals surface area contributed by atoms with E-state index in [-0.39, 0.29) is 18.1 Å². The van der Waals surface area contributed by atoms with E-state index < -0.39 is 35.7 Å². The van der Waals surface area contributed by atoms with E-state index in [0.29, 0.717) is 19.4 Å². The van der Waals surface area contributed by atoms with Gasteiger partial charge in [0.1, 0.15) is 11.6 Å². The van der Waals surface area contributed by atoms with Crippen LogP contribution in [0.5, 0.6) is 0 Å². The summed E-state index contributed by atoms with van der Waals surface area (Å²) in [5, 5.41) is 5.43. The fourth-order valence-electron chi connectivity index (χ4n) is 3.04. The third-order valence-electron chi connectivity index (χ3n) is 4.65. The monoisotopic (exact) mass is 434 g/mol. The van der Waals surface area contributed by atoms with Crippen LogP contribution in [-0.4, -0.2) is 48.1 Å². The molecule has 0 bridgehead atoms. The van der Waals surface area contributed by atoms with Crippen molar-refractivity contribution in [2.45, 2.75) is 77.6 Å². The van der Waals surface area contributed by atoms with E-state index >= 15 is 0 Å². The van der Waals surface area contributed by atoms with E-state index in [1.165, 1.54) is 0 Å². The second kappa shape index (κ2) is 12.4. The molecule has 1 aromatic carbocycles. The molecule has 1 rings (SSSR count). The van der Waals surface area contributed by atoms with Crippen LogP contribution < -0.4 is 22.1 Å². The number of carbonyl (C=O) groups excluding carboxylic acids is 3. The normalized spacial score (nSPS) is 14.5. The van der Waals surface area contributed by atoms with Crippen molar-refractivity contribution in [2.24, 2.45) is 17.4 Å². The predicted molar refractivity (Wildman–Crippen MR) is 121 cm³/mol. The molecular weight excluding hydrogens is 396 g/mol. The van der Waals surface area contributed by atoms with Gasteiger partial charge in [-0.1, -0.05) is 44.2 Å². The van der Waals surface area contributed by atoms with Gasteiger partial charge in [0.25, 0.3) is 0 Å². The summed E-state index contributed by atoms with van der Waals surface area (Å²) in [6, 6.07) is 6.93. The Hall–Kier alpha value is -2.45. The lowest BCUT2D eigenvalue weighted by Gasteiger charge is -2.28. The molecule has 2 amide bonds. The maximum absolute atomic E-state index is 13.1. The Morgan fingerprint density at radius 2 is 1.68 bits per heavy atom. The number of carbonyl (C=O) groups is 3. The van der Waals surface area contributed by atoms with Gasteiger partial charge in [0, 0.05) is 6.42 Å². The standard InChI is InChI=1S/C23H38N4O4/c1-15(2)19(20(28)17(25)12-9-13-24)27-21(29)18(14-16-10-7-6-8-11-16)26-22(30)31-23(3,4)5/h6-8,10-11,15,17-19H,9,12-14,24-25H2,1-5H3,(H,26,30)(H,27,29)/t17?,18-,19-/m0/s1. The minimum Gasteiger partial charge on any atom is -0.444 e. The fraction of sp³-hybridized carbons (Fsp3) is 0.609. The highest BCUT2D eigenvalue weighted by atomic mass is 16.6. The highest BCUT2D eigenvalue weighted by Gasteiger charge is 2.32. The molecule has 1 unspecified atom stereocenters. The van der Waals surface area contributed by atoms with Gasteiger partial charge < -0.3 is 26.8 Å². The zero-order valence-corrected chi connectivity index (χ0v) is 19.3. The van der Waals surface area contributed by atoms with E-state index in [2.05, 4.69) is 10.6 Å². The molecule has 0 aliphatic heterocycles. The van der Waals surface area contributed by atoms with Crippen LogP contribution in [0, 0.1) is 5.92 Å². The second-order valence-corrected chi connectivity index (χ2v) is 9.06. The third kappa shape index (κ3) is 9.93. The van der Waals surface area contributed by atoms with Gasteiger partial charge in [0.05, 0.1) is 12.1 Å². The molecule has 0 aromatic heterocycles. The van der Waals surface area contributed by atoms with Gasteiger partial charge in [-0.25, -0.2) is 4.79 Å². The summed E-state index contributed by atoms with van der Waals surface area (Å²) >= 11 is 0. The zero-order chi connectivity index (χ0) is 23.6. The van der Waals surface area contributed by atoms with Crippen LogP contribution in [0.15, 0.2) is 30.3 Å². The number of amides is 2. The number of Topliss-reactive ketones (excluding diaryl/α,β-unsaturated/α-hetero) is 1. The molecule has 1 aromatic rings. The first-order chi connectivity index (χ1) is 14.4. The van der Waals surface area contributed by atoms with Crippen molar-refractivity contribution in [3.8, 4) is 0 Å². The second-order valence-electron chi connectivity index (χ2n) is 9.06. The van der Waals surface area contributed by atoms with Gasteiger partial charge >= 0.3 is 6.09 Å². The zero-order valence-electron chi connectivity index (χ0n) is 19.3. The molecule has 0 fully saturated rings. The summed E-state index contributed by atoms with van der Waals surface area (Å²) in [7, 11) is 0. The number of ether oxygens (including phenoxy) is 1. The third-order valence-corrected chi connectivity index (χ3v) is 4.65. The summed E-state index contributed by atoms with van der Waals surface area (Å²) in [4.78, 5) is 38.3. The van der Waals surface area contributed by atoms with Gasteiger partial charge in [-0.05, 0) is 51.6 Å². The topological polar surface area (TPSA) is 137 Å². The molecule has 174 valence electrons. The van der Waals surface area contributed by atoms with Gasteiger partial charge in [-0.3, -0.25) is 9.59 Å². The van der Waals surface area contributed by atoms with Crippen molar-refractivity contribution >= 4 is 17.8 Å². The lowest BCUT2D eigenvalue weighted by molar-refractivity contribution is -0.130. The summed E-state index contributed by atoms with van der Waals surface area (Å²) in [5.41, 5.74) is 11.7. The molecule has 8 heteroatoms. The number of benzene rings is 1. The SMILES string of the molecule is CC(C)[C@H](NC(=O)[C@H](Cc1ccccc1)NC(=O)OC(C)(C)C)C(=O)C(N)CCCN. The van der Waals surface area contributed by atoms with Crippen molar-refractivity contribution in [1.29, 1.82) is 0 Å². The van der Waals surface area contributed by atoms with E-state index in [4.69, 9.17) is 16.2 Å². The Bertz CT molecular complexity index is 716. The maximum atomic E-state index is 13.1. The summed E-state index contributed by atoms with van der Waals surface area (Å²) in [5.74, 6) is -0.875. The average Bonchev–Trinajstić information content (AvgIpc) is 2.68. The first-order valence-corrected chi connectivity index (χ1v) is 10.8. The smallest absolute Gasteiger partial charge is 0.408 e. The number of hydrogen-bond acceptors (Lipinski definition) is 6. The first kappa shape index (κ1) is 26.6. The maximum Gasteiger partial charge on any atom is 0.408 e. The van der Waals surface area contributed by atoms with Crippen molar-refractivity contribution in [3.05, 3.63) is 35.9 Å². The lowest BCUT2D eigenvalue weighted by atomic mass is 9.92. The molecule has 0 heterocycles. The van der Waals surface area contributed by atoms with Crippen LogP contribution in [0.4, 0.5) is 4.79 Å². The van der Waals surface area contributed by atoms with Gasteiger partial charge in [0.2, 0.25) is 5.91 Å². The van der Waals surface area contributed by atoms with Crippen LogP contribution in [0.2, 0.25) is 0 Å². The average molecular weight is 435 g/mol.